The highest BCUT2D eigenvalue weighted by molar-refractivity contribution is 5.83. The molecule has 5 atom stereocenters. The number of carbonyl (C=O) groups excluding carboxylic acids is 1. The van der Waals surface area contributed by atoms with Crippen LogP contribution in [0.3, 0.4) is 0 Å². The minimum absolute atomic E-state index is 0.168. The number of likely N-dealkylation sites (tertiary alicyclic amines) is 1. The number of fused-ring (bicyclic) bond motifs is 1. The Balaban J connectivity index is 2.01. The summed E-state index contributed by atoms with van der Waals surface area (Å²) < 4.78 is 0. The minimum Gasteiger partial charge on any atom is -0.391 e. The van der Waals surface area contributed by atoms with Gasteiger partial charge >= 0.3 is 0 Å². The van der Waals surface area contributed by atoms with Crippen molar-refractivity contribution in [1.29, 1.82) is 0 Å². The predicted molar refractivity (Wildman–Crippen MR) is 46.9 cm³/mol. The van der Waals surface area contributed by atoms with E-state index in [1.165, 1.54) is 0 Å². The lowest BCUT2D eigenvalue weighted by molar-refractivity contribution is -0.131. The van der Waals surface area contributed by atoms with Crippen molar-refractivity contribution in [2.24, 2.45) is 17.8 Å². The molecule has 3 rings (SSSR count). The molecule has 1 amide bonds. The molecule has 2 aliphatic carbocycles. The third-order valence-corrected chi connectivity index (χ3v) is 4.22. The Morgan fingerprint density at radius 3 is 2.92 bits per heavy atom. The van der Waals surface area contributed by atoms with Gasteiger partial charge in [-0.3, -0.25) is 4.79 Å². The van der Waals surface area contributed by atoms with Gasteiger partial charge in [-0.05, 0) is 31.6 Å². The van der Waals surface area contributed by atoms with E-state index in [1.54, 1.807) is 0 Å². The SMILES string of the molecule is CCN1C(=O)C2CC3CC2C1C3O. The van der Waals surface area contributed by atoms with E-state index < -0.39 is 0 Å². The van der Waals surface area contributed by atoms with Gasteiger partial charge in [-0.15, -0.1) is 0 Å². The highest BCUT2D eigenvalue weighted by Gasteiger charge is 2.62. The molecule has 0 radical (unpaired) electrons. The van der Waals surface area contributed by atoms with E-state index in [0.717, 1.165) is 19.4 Å². The van der Waals surface area contributed by atoms with Gasteiger partial charge in [0, 0.05) is 12.5 Å². The Bertz CT molecular complexity index is 266. The van der Waals surface area contributed by atoms with Crippen LogP contribution >= 0.6 is 0 Å². The third-order valence-electron chi connectivity index (χ3n) is 4.22. The molecule has 5 unspecified atom stereocenters. The fourth-order valence-electron chi connectivity index (χ4n) is 3.73. The van der Waals surface area contributed by atoms with Gasteiger partial charge in [-0.1, -0.05) is 0 Å². The number of aliphatic hydroxyl groups excluding tert-OH is 1. The molecule has 3 heteroatoms. The van der Waals surface area contributed by atoms with Crippen LogP contribution in [0.1, 0.15) is 19.8 Å². The first-order chi connectivity index (χ1) is 6.24. The third kappa shape index (κ3) is 0.725. The zero-order chi connectivity index (χ0) is 9.16. The lowest BCUT2D eigenvalue weighted by Crippen LogP contribution is -2.41. The van der Waals surface area contributed by atoms with Crippen molar-refractivity contribution < 1.29 is 9.90 Å². The van der Waals surface area contributed by atoms with Crippen LogP contribution in [-0.4, -0.2) is 34.6 Å². The van der Waals surface area contributed by atoms with Gasteiger partial charge in [0.15, 0.2) is 0 Å². The molecule has 0 spiro atoms. The summed E-state index contributed by atoms with van der Waals surface area (Å²) in [5.41, 5.74) is 0. The zero-order valence-corrected chi connectivity index (χ0v) is 7.81. The van der Waals surface area contributed by atoms with E-state index >= 15 is 0 Å². The van der Waals surface area contributed by atoms with E-state index in [2.05, 4.69) is 0 Å². The average molecular weight is 181 g/mol. The first kappa shape index (κ1) is 7.80. The molecule has 1 saturated heterocycles. The number of rotatable bonds is 1. The molecule has 1 N–H and O–H groups in total. The lowest BCUT2D eigenvalue weighted by Gasteiger charge is -2.27. The fraction of sp³-hybridized carbons (Fsp3) is 0.900. The Labute approximate surface area is 77.7 Å². The van der Waals surface area contributed by atoms with E-state index in [9.17, 15) is 9.90 Å². The molecule has 1 heterocycles. The second-order valence-corrected chi connectivity index (χ2v) is 4.61. The normalized spacial score (nSPS) is 52.3. The van der Waals surface area contributed by atoms with Crippen LogP contribution < -0.4 is 0 Å². The monoisotopic (exact) mass is 181 g/mol. The summed E-state index contributed by atoms with van der Waals surface area (Å²) in [5, 5.41) is 9.93. The average Bonchev–Trinajstić information content (AvgIpc) is 2.69. The number of nitrogens with zero attached hydrogens (tertiary/aromatic N) is 1. The summed E-state index contributed by atoms with van der Waals surface area (Å²) in [6.07, 6.45) is 1.80. The Kier molecular flexibility index (Phi) is 1.36. The smallest absolute Gasteiger partial charge is 0.226 e. The fourth-order valence-corrected chi connectivity index (χ4v) is 3.73. The molecule has 2 saturated carbocycles. The van der Waals surface area contributed by atoms with Crippen LogP contribution in [0, 0.1) is 17.8 Å². The van der Waals surface area contributed by atoms with E-state index in [1.807, 2.05) is 11.8 Å². The summed E-state index contributed by atoms with van der Waals surface area (Å²) in [6, 6.07) is 0.168. The summed E-state index contributed by atoms with van der Waals surface area (Å²) in [4.78, 5) is 13.7. The van der Waals surface area contributed by atoms with Gasteiger partial charge < -0.3 is 10.0 Å². The summed E-state index contributed by atoms with van der Waals surface area (Å²) in [6.45, 7) is 2.77. The Morgan fingerprint density at radius 1 is 1.54 bits per heavy atom. The van der Waals surface area contributed by atoms with Crippen molar-refractivity contribution in [2.75, 3.05) is 6.54 Å². The number of carbonyl (C=O) groups is 1. The number of hydrogen-bond donors (Lipinski definition) is 1. The molecule has 3 aliphatic rings. The van der Waals surface area contributed by atoms with Crippen molar-refractivity contribution in [1.82, 2.24) is 4.90 Å². The number of amides is 1. The number of aliphatic hydroxyl groups is 1. The first-order valence-electron chi connectivity index (χ1n) is 5.22. The van der Waals surface area contributed by atoms with Crippen molar-refractivity contribution in [3.63, 3.8) is 0 Å². The summed E-state index contributed by atoms with van der Waals surface area (Å²) >= 11 is 0. The van der Waals surface area contributed by atoms with Gasteiger partial charge in [0.2, 0.25) is 5.91 Å². The van der Waals surface area contributed by atoms with Gasteiger partial charge in [0.25, 0.3) is 0 Å². The Morgan fingerprint density at radius 2 is 2.31 bits per heavy atom. The second kappa shape index (κ2) is 2.27. The van der Waals surface area contributed by atoms with Crippen molar-refractivity contribution in [2.45, 2.75) is 31.9 Å². The van der Waals surface area contributed by atoms with Crippen molar-refractivity contribution in [3.05, 3.63) is 0 Å². The standard InChI is InChI=1S/C10H15NO2/c1-2-11-8-6-3-5(9(8)12)4-7(6)10(11)13/h5-9,12H,2-4H2,1H3. The van der Waals surface area contributed by atoms with E-state index in [0.29, 0.717) is 17.7 Å². The quantitative estimate of drug-likeness (QED) is 0.629. The minimum atomic E-state index is -0.229. The zero-order valence-electron chi connectivity index (χ0n) is 7.81. The maximum absolute atomic E-state index is 11.8. The highest BCUT2D eigenvalue weighted by Crippen LogP contribution is 2.55. The largest absolute Gasteiger partial charge is 0.391 e. The van der Waals surface area contributed by atoms with Gasteiger partial charge in [0.05, 0.1) is 12.1 Å². The van der Waals surface area contributed by atoms with Gasteiger partial charge in [-0.2, -0.15) is 0 Å². The molecule has 0 aromatic heterocycles. The molecule has 72 valence electrons. The van der Waals surface area contributed by atoms with Crippen LogP contribution in [0.5, 0.6) is 0 Å². The predicted octanol–water partition coefficient (Wildman–Crippen LogP) is 0.234. The van der Waals surface area contributed by atoms with E-state index in [4.69, 9.17) is 0 Å². The molecule has 13 heavy (non-hydrogen) atoms. The molecule has 3 nitrogen and oxygen atoms in total. The van der Waals surface area contributed by atoms with Crippen LogP contribution in [0.4, 0.5) is 0 Å². The lowest BCUT2D eigenvalue weighted by atomic mass is 9.88. The molecule has 2 bridgehead atoms. The summed E-state index contributed by atoms with van der Waals surface area (Å²) in [5.74, 6) is 1.46. The van der Waals surface area contributed by atoms with Crippen LogP contribution in [0.2, 0.25) is 0 Å². The number of hydrogen-bond acceptors (Lipinski definition) is 2. The van der Waals surface area contributed by atoms with E-state index in [-0.39, 0.29) is 18.1 Å². The Hall–Kier alpha value is -0.570. The topological polar surface area (TPSA) is 40.5 Å². The second-order valence-electron chi connectivity index (χ2n) is 4.61. The molecule has 0 aromatic rings. The van der Waals surface area contributed by atoms with Gasteiger partial charge in [0.1, 0.15) is 0 Å². The molecule has 0 aromatic carbocycles. The van der Waals surface area contributed by atoms with Gasteiger partial charge in [-0.25, -0.2) is 0 Å². The van der Waals surface area contributed by atoms with Crippen molar-refractivity contribution in [3.8, 4) is 0 Å². The van der Waals surface area contributed by atoms with Crippen LogP contribution in [0.25, 0.3) is 0 Å². The number of likely N-dealkylation sites (N-methyl/N-ethyl adjacent to an activating group) is 1. The maximum Gasteiger partial charge on any atom is 0.226 e. The first-order valence-corrected chi connectivity index (χ1v) is 5.22. The molecule has 1 aliphatic heterocycles. The van der Waals surface area contributed by atoms with Crippen molar-refractivity contribution >= 4 is 5.91 Å². The molecular weight excluding hydrogens is 166 g/mol. The van der Waals surface area contributed by atoms with Crippen LogP contribution in [0.15, 0.2) is 0 Å². The highest BCUT2D eigenvalue weighted by atomic mass is 16.3. The molecular formula is C10H15NO2. The summed E-state index contributed by atoms with van der Waals surface area (Å²) in [7, 11) is 0. The van der Waals surface area contributed by atoms with Crippen LogP contribution in [-0.2, 0) is 4.79 Å². The molecule has 3 fully saturated rings. The maximum atomic E-state index is 11.8.